The summed E-state index contributed by atoms with van der Waals surface area (Å²) in [7, 11) is 1.79. The predicted molar refractivity (Wildman–Crippen MR) is 74.3 cm³/mol. The maximum absolute atomic E-state index is 11.9. The van der Waals surface area contributed by atoms with Crippen molar-refractivity contribution in [1.29, 1.82) is 0 Å². The Bertz CT molecular complexity index is 508. The van der Waals surface area contributed by atoms with E-state index in [0.717, 1.165) is 12.1 Å². The Morgan fingerprint density at radius 2 is 2.11 bits per heavy atom. The molecule has 0 spiro atoms. The third-order valence-corrected chi connectivity index (χ3v) is 3.51. The average molecular weight is 261 g/mol. The smallest absolute Gasteiger partial charge is 0.340 e. The van der Waals surface area contributed by atoms with E-state index >= 15 is 0 Å². The standard InChI is InChI=1S/C14H15NO2S/c1-15-13-7-3-2-6-12(13)14(16)17-9-8-11-5-4-10-18-11/h2-7,10,15H,8-9H2,1H3. The van der Waals surface area contributed by atoms with Crippen LogP contribution in [0.15, 0.2) is 41.8 Å². The van der Waals surface area contributed by atoms with Gasteiger partial charge in [0.15, 0.2) is 0 Å². The molecule has 2 aromatic rings. The summed E-state index contributed by atoms with van der Waals surface area (Å²) >= 11 is 1.67. The van der Waals surface area contributed by atoms with Gasteiger partial charge in [0.25, 0.3) is 0 Å². The molecule has 0 unspecified atom stereocenters. The summed E-state index contributed by atoms with van der Waals surface area (Å²) in [5.74, 6) is -0.281. The van der Waals surface area contributed by atoms with Gasteiger partial charge in [0.2, 0.25) is 0 Å². The van der Waals surface area contributed by atoms with Gasteiger partial charge in [0.1, 0.15) is 0 Å². The van der Waals surface area contributed by atoms with Gasteiger partial charge in [0.05, 0.1) is 12.2 Å². The van der Waals surface area contributed by atoms with Crippen molar-refractivity contribution in [3.05, 3.63) is 52.2 Å². The summed E-state index contributed by atoms with van der Waals surface area (Å²) in [5, 5.41) is 5.00. The number of rotatable bonds is 5. The Hall–Kier alpha value is -1.81. The summed E-state index contributed by atoms with van der Waals surface area (Å²) in [4.78, 5) is 13.1. The Kier molecular flexibility index (Phi) is 4.36. The lowest BCUT2D eigenvalue weighted by atomic mass is 10.2. The molecule has 0 saturated carbocycles. The molecular formula is C14H15NO2S. The van der Waals surface area contributed by atoms with Crippen molar-refractivity contribution in [3.8, 4) is 0 Å². The number of carbonyl (C=O) groups excluding carboxylic acids is 1. The number of nitrogens with one attached hydrogen (secondary N) is 1. The van der Waals surface area contributed by atoms with Crippen molar-refractivity contribution in [2.75, 3.05) is 19.0 Å². The highest BCUT2D eigenvalue weighted by atomic mass is 32.1. The molecule has 0 aliphatic carbocycles. The Labute approximate surface area is 110 Å². The second-order valence-electron chi connectivity index (χ2n) is 3.76. The molecule has 1 N–H and O–H groups in total. The summed E-state index contributed by atoms with van der Waals surface area (Å²) in [6.45, 7) is 0.414. The summed E-state index contributed by atoms with van der Waals surface area (Å²) in [5.41, 5.74) is 1.37. The van der Waals surface area contributed by atoms with Crippen LogP contribution in [0.25, 0.3) is 0 Å². The molecule has 4 heteroatoms. The predicted octanol–water partition coefficient (Wildman–Crippen LogP) is 3.19. The summed E-state index contributed by atoms with van der Waals surface area (Å²) in [6.07, 6.45) is 0.769. The van der Waals surface area contributed by atoms with Crippen LogP contribution in [0.3, 0.4) is 0 Å². The fourth-order valence-corrected chi connectivity index (χ4v) is 2.35. The number of para-hydroxylation sites is 1. The number of hydrogen-bond donors (Lipinski definition) is 1. The van der Waals surface area contributed by atoms with E-state index in [1.54, 1.807) is 24.5 Å². The van der Waals surface area contributed by atoms with Gasteiger partial charge >= 0.3 is 5.97 Å². The van der Waals surface area contributed by atoms with E-state index < -0.39 is 0 Å². The van der Waals surface area contributed by atoms with Crippen LogP contribution in [0, 0.1) is 0 Å². The lowest BCUT2D eigenvalue weighted by Gasteiger charge is -2.08. The van der Waals surface area contributed by atoms with Gasteiger partial charge in [-0.25, -0.2) is 4.79 Å². The third-order valence-electron chi connectivity index (χ3n) is 2.58. The molecule has 0 amide bonds. The highest BCUT2D eigenvalue weighted by Gasteiger charge is 2.11. The van der Waals surface area contributed by atoms with E-state index in [9.17, 15) is 4.79 Å². The fraction of sp³-hybridized carbons (Fsp3) is 0.214. The molecule has 0 radical (unpaired) electrons. The fourth-order valence-electron chi connectivity index (χ4n) is 1.66. The summed E-state index contributed by atoms with van der Waals surface area (Å²) in [6, 6.07) is 11.4. The Balaban J connectivity index is 1.91. The van der Waals surface area contributed by atoms with Gasteiger partial charge in [-0.15, -0.1) is 11.3 Å². The van der Waals surface area contributed by atoms with Crippen molar-refractivity contribution in [2.45, 2.75) is 6.42 Å². The molecule has 3 nitrogen and oxygen atoms in total. The van der Waals surface area contributed by atoms with Crippen LogP contribution in [0.4, 0.5) is 5.69 Å². The molecule has 1 heterocycles. The minimum absolute atomic E-state index is 0.281. The van der Waals surface area contributed by atoms with E-state index in [-0.39, 0.29) is 5.97 Å². The molecule has 0 saturated heterocycles. The van der Waals surface area contributed by atoms with Gasteiger partial charge in [-0.3, -0.25) is 0 Å². The van der Waals surface area contributed by atoms with Crippen molar-refractivity contribution >= 4 is 23.0 Å². The number of ether oxygens (including phenoxy) is 1. The first-order chi connectivity index (χ1) is 8.81. The first kappa shape index (κ1) is 12.6. The lowest BCUT2D eigenvalue weighted by molar-refractivity contribution is 0.0511. The zero-order valence-electron chi connectivity index (χ0n) is 10.2. The van der Waals surface area contributed by atoms with Crippen LogP contribution in [-0.2, 0) is 11.2 Å². The molecule has 1 aromatic carbocycles. The Morgan fingerprint density at radius 3 is 2.83 bits per heavy atom. The molecule has 0 aliphatic heterocycles. The molecule has 0 fully saturated rings. The van der Waals surface area contributed by atoms with Gasteiger partial charge in [-0.05, 0) is 23.6 Å². The maximum atomic E-state index is 11.9. The van der Waals surface area contributed by atoms with E-state index in [1.165, 1.54) is 4.88 Å². The van der Waals surface area contributed by atoms with Gasteiger partial charge in [0, 0.05) is 24.0 Å². The summed E-state index contributed by atoms with van der Waals surface area (Å²) < 4.78 is 5.27. The number of thiophene rings is 1. The van der Waals surface area contributed by atoms with Gasteiger partial charge in [-0.2, -0.15) is 0 Å². The van der Waals surface area contributed by atoms with Crippen molar-refractivity contribution in [3.63, 3.8) is 0 Å². The number of carbonyl (C=O) groups is 1. The number of hydrogen-bond acceptors (Lipinski definition) is 4. The topological polar surface area (TPSA) is 38.3 Å². The zero-order chi connectivity index (χ0) is 12.8. The van der Waals surface area contributed by atoms with Crippen molar-refractivity contribution in [2.24, 2.45) is 0 Å². The van der Waals surface area contributed by atoms with Crippen molar-refractivity contribution in [1.82, 2.24) is 0 Å². The van der Waals surface area contributed by atoms with Gasteiger partial charge < -0.3 is 10.1 Å². The Morgan fingerprint density at radius 1 is 1.28 bits per heavy atom. The average Bonchev–Trinajstić information content (AvgIpc) is 2.91. The molecule has 94 valence electrons. The van der Waals surface area contributed by atoms with Crippen LogP contribution in [0.1, 0.15) is 15.2 Å². The van der Waals surface area contributed by atoms with Crippen LogP contribution < -0.4 is 5.32 Å². The van der Waals surface area contributed by atoms with Gasteiger partial charge in [-0.1, -0.05) is 18.2 Å². The molecule has 1 aromatic heterocycles. The quantitative estimate of drug-likeness (QED) is 0.840. The van der Waals surface area contributed by atoms with E-state index in [4.69, 9.17) is 4.74 Å². The zero-order valence-corrected chi connectivity index (χ0v) is 11.0. The minimum atomic E-state index is -0.281. The maximum Gasteiger partial charge on any atom is 0.340 e. The highest BCUT2D eigenvalue weighted by Crippen LogP contribution is 2.16. The first-order valence-electron chi connectivity index (χ1n) is 5.77. The molecule has 0 atom stereocenters. The largest absolute Gasteiger partial charge is 0.462 e. The normalized spacial score (nSPS) is 10.1. The molecular weight excluding hydrogens is 246 g/mol. The first-order valence-corrected chi connectivity index (χ1v) is 6.65. The SMILES string of the molecule is CNc1ccccc1C(=O)OCCc1cccs1. The molecule has 18 heavy (non-hydrogen) atoms. The molecule has 2 rings (SSSR count). The van der Waals surface area contributed by atoms with E-state index in [2.05, 4.69) is 5.32 Å². The highest BCUT2D eigenvalue weighted by molar-refractivity contribution is 7.09. The minimum Gasteiger partial charge on any atom is -0.462 e. The van der Waals surface area contributed by atoms with Crippen LogP contribution >= 0.6 is 11.3 Å². The van der Waals surface area contributed by atoms with Crippen LogP contribution in [-0.4, -0.2) is 19.6 Å². The number of anilines is 1. The monoisotopic (exact) mass is 261 g/mol. The van der Waals surface area contributed by atoms with Crippen molar-refractivity contribution < 1.29 is 9.53 Å². The molecule has 0 bridgehead atoms. The lowest BCUT2D eigenvalue weighted by Crippen LogP contribution is -2.10. The van der Waals surface area contributed by atoms with Crippen LogP contribution in [0.2, 0.25) is 0 Å². The second-order valence-corrected chi connectivity index (χ2v) is 4.79. The second kappa shape index (κ2) is 6.21. The number of esters is 1. The van der Waals surface area contributed by atoms with E-state index in [0.29, 0.717) is 12.2 Å². The third kappa shape index (κ3) is 3.11. The number of benzene rings is 1. The molecule has 0 aliphatic rings. The van der Waals surface area contributed by atoms with Crippen LogP contribution in [0.5, 0.6) is 0 Å². The van der Waals surface area contributed by atoms with E-state index in [1.807, 2.05) is 35.7 Å².